The molecular formula is C24H25F3N4O3. The minimum absolute atomic E-state index is 0.200. The molecule has 1 saturated heterocycles. The van der Waals surface area contributed by atoms with E-state index in [2.05, 4.69) is 11.4 Å². The molecule has 34 heavy (non-hydrogen) atoms. The maximum atomic E-state index is 13.0. The quantitative estimate of drug-likeness (QED) is 0.611. The average Bonchev–Trinajstić information content (AvgIpc) is 2.83. The van der Waals surface area contributed by atoms with Crippen LogP contribution in [0.25, 0.3) is 0 Å². The number of likely N-dealkylation sites (tertiary alicyclic amines) is 1. The van der Waals surface area contributed by atoms with Crippen molar-refractivity contribution in [1.82, 2.24) is 10.2 Å². The molecule has 1 aliphatic rings. The molecule has 1 aliphatic heterocycles. The van der Waals surface area contributed by atoms with Crippen LogP contribution in [0, 0.1) is 18.3 Å². The summed E-state index contributed by atoms with van der Waals surface area (Å²) in [5, 5.41) is 22.3. The van der Waals surface area contributed by atoms with Crippen LogP contribution in [0.2, 0.25) is 0 Å². The fraction of sp³-hybridized carbons (Fsp3) is 0.375. The monoisotopic (exact) mass is 474 g/mol. The Bertz CT molecular complexity index is 1070. The summed E-state index contributed by atoms with van der Waals surface area (Å²) in [6.45, 7) is 1.81. The Morgan fingerprint density at radius 2 is 1.82 bits per heavy atom. The molecule has 1 atom stereocenters. The van der Waals surface area contributed by atoms with Crippen LogP contribution in [0.3, 0.4) is 0 Å². The summed E-state index contributed by atoms with van der Waals surface area (Å²) in [6, 6.07) is 13.4. The van der Waals surface area contributed by atoms with Crippen molar-refractivity contribution in [2.45, 2.75) is 38.0 Å². The molecule has 10 heteroatoms. The van der Waals surface area contributed by atoms with Crippen molar-refractivity contribution >= 4 is 17.6 Å². The van der Waals surface area contributed by atoms with Gasteiger partial charge in [0, 0.05) is 24.3 Å². The van der Waals surface area contributed by atoms with E-state index in [1.165, 1.54) is 6.07 Å². The molecule has 7 nitrogen and oxygen atoms in total. The number of rotatable bonds is 5. The van der Waals surface area contributed by atoms with Gasteiger partial charge < -0.3 is 20.6 Å². The molecule has 2 aromatic carbocycles. The number of aliphatic hydroxyl groups is 1. The van der Waals surface area contributed by atoms with Crippen molar-refractivity contribution in [2.75, 3.05) is 25.0 Å². The number of nitrogens with one attached hydrogen (secondary N) is 2. The van der Waals surface area contributed by atoms with Crippen LogP contribution in [-0.4, -0.2) is 53.9 Å². The zero-order chi connectivity index (χ0) is 24.9. The summed E-state index contributed by atoms with van der Waals surface area (Å²) >= 11 is 0. The van der Waals surface area contributed by atoms with Crippen LogP contribution in [-0.2, 0) is 0 Å². The normalized spacial score (nSPS) is 15.4. The zero-order valence-corrected chi connectivity index (χ0v) is 18.5. The van der Waals surface area contributed by atoms with Gasteiger partial charge in [0.25, 0.3) is 5.91 Å². The average molecular weight is 474 g/mol. The first-order valence-electron chi connectivity index (χ1n) is 10.8. The number of piperidine rings is 1. The summed E-state index contributed by atoms with van der Waals surface area (Å²) in [5.74, 6) is 0.0945. The minimum atomic E-state index is -4.83. The Morgan fingerprint density at radius 3 is 2.41 bits per heavy atom. The van der Waals surface area contributed by atoms with Crippen molar-refractivity contribution in [3.05, 3.63) is 64.7 Å². The molecule has 3 N–H and O–H groups in total. The van der Waals surface area contributed by atoms with Gasteiger partial charge in [-0.2, -0.15) is 18.4 Å². The lowest BCUT2D eigenvalue weighted by Gasteiger charge is -2.32. The number of benzene rings is 2. The molecule has 0 aromatic heterocycles. The van der Waals surface area contributed by atoms with E-state index >= 15 is 0 Å². The Kier molecular flexibility index (Phi) is 7.79. The van der Waals surface area contributed by atoms with Crippen LogP contribution >= 0.6 is 0 Å². The number of carbonyl (C=O) groups excluding carboxylic acids is 2. The number of anilines is 1. The van der Waals surface area contributed by atoms with Crippen molar-refractivity contribution < 1.29 is 27.9 Å². The highest BCUT2D eigenvalue weighted by Gasteiger charge is 2.38. The van der Waals surface area contributed by atoms with E-state index in [4.69, 9.17) is 10.4 Å². The van der Waals surface area contributed by atoms with E-state index in [0.717, 1.165) is 18.4 Å². The topological polar surface area (TPSA) is 105 Å². The molecule has 2 aromatic rings. The highest BCUT2D eigenvalue weighted by atomic mass is 19.4. The molecule has 180 valence electrons. The SMILES string of the molecule is Cc1ccc(C(=O)N2CCC(c3ccc(C#N)cc3)CC2)cc1NC(=O)NCC(O)C(F)(F)F. The maximum absolute atomic E-state index is 13.0. The number of hydrogen-bond acceptors (Lipinski definition) is 4. The summed E-state index contributed by atoms with van der Waals surface area (Å²) in [6.07, 6.45) is -5.94. The zero-order valence-electron chi connectivity index (χ0n) is 18.5. The molecule has 0 spiro atoms. The van der Waals surface area contributed by atoms with Crippen molar-refractivity contribution in [1.29, 1.82) is 5.26 Å². The van der Waals surface area contributed by atoms with Gasteiger partial charge in [-0.15, -0.1) is 0 Å². The predicted molar refractivity (Wildman–Crippen MR) is 119 cm³/mol. The first kappa shape index (κ1) is 25.1. The van der Waals surface area contributed by atoms with E-state index in [9.17, 15) is 22.8 Å². The predicted octanol–water partition coefficient (Wildman–Crippen LogP) is 3.93. The lowest BCUT2D eigenvalue weighted by molar-refractivity contribution is -0.201. The molecule has 3 rings (SSSR count). The van der Waals surface area contributed by atoms with Crippen LogP contribution in [0.15, 0.2) is 42.5 Å². The van der Waals surface area contributed by atoms with Crippen LogP contribution in [0.1, 0.15) is 45.8 Å². The molecule has 0 aliphatic carbocycles. The van der Waals surface area contributed by atoms with Gasteiger partial charge in [-0.25, -0.2) is 4.79 Å². The van der Waals surface area contributed by atoms with E-state index in [-0.39, 0.29) is 11.6 Å². The highest BCUT2D eigenvalue weighted by molar-refractivity contribution is 5.97. The molecule has 1 unspecified atom stereocenters. The highest BCUT2D eigenvalue weighted by Crippen LogP contribution is 2.29. The van der Waals surface area contributed by atoms with Crippen molar-refractivity contribution in [3.63, 3.8) is 0 Å². The number of urea groups is 1. The standard InChI is InChI=1S/C24H25F3N4O3/c1-15-2-5-19(12-20(15)30-23(34)29-14-21(32)24(25,26)27)22(33)31-10-8-18(9-11-31)17-6-3-16(13-28)4-7-17/h2-7,12,18,21,32H,8-11,14H2,1H3,(H2,29,30,34). The number of nitrogens with zero attached hydrogens (tertiary/aromatic N) is 2. The fourth-order valence-electron chi connectivity index (χ4n) is 3.79. The largest absolute Gasteiger partial charge is 0.416 e. The Morgan fingerprint density at radius 1 is 1.18 bits per heavy atom. The molecule has 0 radical (unpaired) electrons. The third-order valence-corrected chi connectivity index (χ3v) is 5.86. The van der Waals surface area contributed by atoms with Gasteiger partial charge in [0.15, 0.2) is 6.10 Å². The minimum Gasteiger partial charge on any atom is -0.382 e. The van der Waals surface area contributed by atoms with Crippen LogP contribution in [0.5, 0.6) is 0 Å². The molecule has 3 amide bonds. The third kappa shape index (κ3) is 6.26. The summed E-state index contributed by atoms with van der Waals surface area (Å²) in [7, 11) is 0. The van der Waals surface area contributed by atoms with E-state index < -0.39 is 24.9 Å². The molecule has 1 heterocycles. The number of aliphatic hydroxyl groups excluding tert-OH is 1. The van der Waals surface area contributed by atoms with Crippen molar-refractivity contribution in [3.8, 4) is 6.07 Å². The molecule has 1 fully saturated rings. The molecule has 0 bridgehead atoms. The van der Waals surface area contributed by atoms with Gasteiger partial charge in [-0.3, -0.25) is 4.79 Å². The Hall–Kier alpha value is -3.58. The van der Waals surface area contributed by atoms with E-state index in [1.54, 1.807) is 36.1 Å². The Labute approximate surface area is 195 Å². The van der Waals surface area contributed by atoms with Crippen molar-refractivity contribution in [2.24, 2.45) is 0 Å². The number of carbonyl (C=O) groups is 2. The van der Waals surface area contributed by atoms with E-state index in [0.29, 0.717) is 35.7 Å². The second-order valence-electron chi connectivity index (χ2n) is 8.22. The van der Waals surface area contributed by atoms with Crippen LogP contribution < -0.4 is 10.6 Å². The molecular weight excluding hydrogens is 449 g/mol. The van der Waals surface area contributed by atoms with Gasteiger partial charge in [-0.1, -0.05) is 18.2 Å². The number of alkyl halides is 3. The summed E-state index contributed by atoms with van der Waals surface area (Å²) in [5.41, 5.74) is 3.01. The fourth-order valence-corrected chi connectivity index (χ4v) is 3.79. The first-order valence-corrected chi connectivity index (χ1v) is 10.8. The second kappa shape index (κ2) is 10.6. The van der Waals surface area contributed by atoms with Gasteiger partial charge in [0.05, 0.1) is 18.2 Å². The second-order valence-corrected chi connectivity index (χ2v) is 8.22. The van der Waals surface area contributed by atoms with Gasteiger partial charge in [0.2, 0.25) is 0 Å². The summed E-state index contributed by atoms with van der Waals surface area (Å²) in [4.78, 5) is 26.7. The Balaban J connectivity index is 1.59. The van der Waals surface area contributed by atoms with Gasteiger partial charge in [-0.05, 0) is 61.1 Å². The first-order chi connectivity index (χ1) is 16.1. The number of nitriles is 1. The number of halogens is 3. The number of hydrogen-bond donors (Lipinski definition) is 3. The third-order valence-electron chi connectivity index (χ3n) is 5.86. The lowest BCUT2D eigenvalue weighted by Crippen LogP contribution is -2.42. The summed E-state index contributed by atoms with van der Waals surface area (Å²) < 4.78 is 37.2. The smallest absolute Gasteiger partial charge is 0.382 e. The van der Waals surface area contributed by atoms with Gasteiger partial charge >= 0.3 is 12.2 Å². The molecule has 0 saturated carbocycles. The number of amides is 3. The maximum Gasteiger partial charge on any atom is 0.416 e. The van der Waals surface area contributed by atoms with E-state index in [1.807, 2.05) is 17.4 Å². The van der Waals surface area contributed by atoms with Gasteiger partial charge in [0.1, 0.15) is 0 Å². The van der Waals surface area contributed by atoms with Crippen LogP contribution in [0.4, 0.5) is 23.7 Å². The number of aryl methyl sites for hydroxylation is 1. The lowest BCUT2D eigenvalue weighted by atomic mass is 9.89.